The molecule has 0 aromatic heterocycles. The minimum absolute atomic E-state index is 0.205. The molecule has 16 heavy (non-hydrogen) atoms. The molecule has 0 saturated heterocycles. The molecule has 4 nitrogen and oxygen atoms in total. The maximum atomic E-state index is 11.0. The average Bonchev–Trinajstić information content (AvgIpc) is 2.29. The quantitative estimate of drug-likeness (QED) is 0.563. The van der Waals surface area contributed by atoms with Gasteiger partial charge in [0, 0.05) is 19.3 Å². The molecule has 1 heterocycles. The van der Waals surface area contributed by atoms with Crippen molar-refractivity contribution in [3.8, 4) is 0 Å². The van der Waals surface area contributed by atoms with Gasteiger partial charge in [-0.05, 0) is 11.6 Å². The van der Waals surface area contributed by atoms with Gasteiger partial charge in [-0.15, -0.1) is 0 Å². The molecule has 0 saturated carbocycles. The van der Waals surface area contributed by atoms with Crippen molar-refractivity contribution in [2.75, 3.05) is 7.05 Å². The molecule has 1 unspecified atom stereocenters. The molecule has 0 bridgehead atoms. The lowest BCUT2D eigenvalue weighted by Gasteiger charge is -2.26. The van der Waals surface area contributed by atoms with E-state index in [1.54, 1.807) is 12.2 Å². The molecule has 0 N–H and O–H groups in total. The van der Waals surface area contributed by atoms with Gasteiger partial charge in [-0.2, -0.15) is 0 Å². The Kier molecular flexibility index (Phi) is 2.72. The van der Waals surface area contributed by atoms with E-state index >= 15 is 0 Å². The van der Waals surface area contributed by atoms with Crippen LogP contribution in [0.25, 0.3) is 0 Å². The van der Waals surface area contributed by atoms with Gasteiger partial charge in [0.15, 0.2) is 0 Å². The minimum atomic E-state index is -0.322. The highest BCUT2D eigenvalue weighted by Crippen LogP contribution is 2.30. The molecular weight excluding hydrogens is 204 g/mol. The number of benzene rings is 1. The fourth-order valence-corrected chi connectivity index (χ4v) is 1.87. The number of hydrogen-bond donors (Lipinski definition) is 0. The van der Waals surface area contributed by atoms with Crippen LogP contribution in [-0.2, 0) is 0 Å². The lowest BCUT2D eigenvalue weighted by atomic mass is 10.0. The minimum Gasteiger partial charge on any atom is -0.364 e. The summed E-state index contributed by atoms with van der Waals surface area (Å²) < 4.78 is 0. The fourth-order valence-electron chi connectivity index (χ4n) is 1.87. The predicted molar refractivity (Wildman–Crippen MR) is 61.2 cm³/mol. The smallest absolute Gasteiger partial charge is 0.273 e. The van der Waals surface area contributed by atoms with E-state index in [1.165, 1.54) is 0 Å². The van der Waals surface area contributed by atoms with E-state index in [-0.39, 0.29) is 16.7 Å². The molecule has 1 aromatic carbocycles. The Balaban J connectivity index is 2.42. The van der Waals surface area contributed by atoms with Gasteiger partial charge in [0.2, 0.25) is 0 Å². The lowest BCUT2D eigenvalue weighted by Crippen LogP contribution is -2.26. The van der Waals surface area contributed by atoms with Crippen molar-refractivity contribution >= 4 is 0 Å². The molecule has 0 fully saturated rings. The van der Waals surface area contributed by atoms with Crippen LogP contribution in [0.3, 0.4) is 0 Å². The van der Waals surface area contributed by atoms with Gasteiger partial charge in [0.1, 0.15) is 6.04 Å². The molecule has 1 atom stereocenters. The summed E-state index contributed by atoms with van der Waals surface area (Å²) in [6, 6.07) is 9.17. The summed E-state index contributed by atoms with van der Waals surface area (Å²) in [6.07, 6.45) is 5.08. The molecule has 0 aliphatic carbocycles. The molecule has 0 amide bonds. The van der Waals surface area contributed by atoms with Crippen LogP contribution in [0.5, 0.6) is 0 Å². The van der Waals surface area contributed by atoms with Crippen LogP contribution in [0.2, 0.25) is 0 Å². The Labute approximate surface area is 93.6 Å². The first-order chi connectivity index (χ1) is 7.70. The first-order valence-electron chi connectivity index (χ1n) is 5.00. The van der Waals surface area contributed by atoms with Crippen molar-refractivity contribution in [1.29, 1.82) is 0 Å². The second kappa shape index (κ2) is 4.18. The van der Waals surface area contributed by atoms with Gasteiger partial charge in [0.25, 0.3) is 5.70 Å². The maximum absolute atomic E-state index is 11.0. The van der Waals surface area contributed by atoms with Gasteiger partial charge >= 0.3 is 0 Å². The van der Waals surface area contributed by atoms with E-state index in [0.29, 0.717) is 0 Å². The topological polar surface area (TPSA) is 46.4 Å². The van der Waals surface area contributed by atoms with Crippen LogP contribution in [0.4, 0.5) is 0 Å². The van der Waals surface area contributed by atoms with Crippen molar-refractivity contribution in [2.45, 2.75) is 6.04 Å². The van der Waals surface area contributed by atoms with E-state index in [9.17, 15) is 10.1 Å². The summed E-state index contributed by atoms with van der Waals surface area (Å²) in [5.74, 6) is 0. The van der Waals surface area contributed by atoms with Crippen LogP contribution in [0, 0.1) is 10.1 Å². The van der Waals surface area contributed by atoms with E-state index in [2.05, 4.69) is 0 Å². The molecule has 1 aromatic rings. The molecule has 0 spiro atoms. The predicted octanol–water partition coefficient (Wildman–Crippen LogP) is 2.35. The van der Waals surface area contributed by atoms with E-state index in [4.69, 9.17) is 0 Å². The normalized spacial score (nSPS) is 19.4. The molecule has 2 rings (SSSR count). The van der Waals surface area contributed by atoms with E-state index in [0.717, 1.165) is 5.56 Å². The van der Waals surface area contributed by atoms with Crippen molar-refractivity contribution in [3.05, 3.63) is 70.1 Å². The largest absolute Gasteiger partial charge is 0.364 e. The van der Waals surface area contributed by atoms with E-state index in [1.807, 2.05) is 48.5 Å². The highest BCUT2D eigenvalue weighted by atomic mass is 16.6. The molecule has 0 radical (unpaired) electrons. The number of nitrogens with zero attached hydrogens (tertiary/aromatic N) is 2. The van der Waals surface area contributed by atoms with Crippen LogP contribution in [-0.4, -0.2) is 16.9 Å². The van der Waals surface area contributed by atoms with Crippen LogP contribution < -0.4 is 0 Å². The first-order valence-corrected chi connectivity index (χ1v) is 5.00. The van der Waals surface area contributed by atoms with Crippen molar-refractivity contribution in [1.82, 2.24) is 4.90 Å². The Morgan fingerprint density at radius 3 is 2.62 bits per heavy atom. The summed E-state index contributed by atoms with van der Waals surface area (Å²) in [5.41, 5.74) is 1.13. The summed E-state index contributed by atoms with van der Waals surface area (Å²) in [7, 11) is 1.84. The van der Waals surface area contributed by atoms with Gasteiger partial charge in [-0.3, -0.25) is 10.1 Å². The summed E-state index contributed by atoms with van der Waals surface area (Å²) in [4.78, 5) is 12.5. The third-order valence-electron chi connectivity index (χ3n) is 2.60. The Bertz CT molecular complexity index is 451. The summed E-state index contributed by atoms with van der Waals surface area (Å²) >= 11 is 0. The molecular formula is C12H12N2O2. The number of rotatable bonds is 2. The number of hydrogen-bond acceptors (Lipinski definition) is 3. The second-order valence-electron chi connectivity index (χ2n) is 3.67. The third kappa shape index (κ3) is 1.82. The van der Waals surface area contributed by atoms with Gasteiger partial charge < -0.3 is 4.90 Å². The number of allylic oxidation sites excluding steroid dienone is 2. The molecule has 1 aliphatic rings. The monoisotopic (exact) mass is 216 g/mol. The Morgan fingerprint density at radius 1 is 1.31 bits per heavy atom. The van der Waals surface area contributed by atoms with Gasteiger partial charge in [0.05, 0.1) is 4.92 Å². The second-order valence-corrected chi connectivity index (χ2v) is 3.67. The van der Waals surface area contributed by atoms with Crippen molar-refractivity contribution in [3.63, 3.8) is 0 Å². The van der Waals surface area contributed by atoms with Crippen molar-refractivity contribution < 1.29 is 4.92 Å². The van der Waals surface area contributed by atoms with E-state index < -0.39 is 0 Å². The zero-order chi connectivity index (χ0) is 11.5. The van der Waals surface area contributed by atoms with Crippen LogP contribution in [0.15, 0.2) is 54.4 Å². The zero-order valence-corrected chi connectivity index (χ0v) is 8.91. The third-order valence-corrected chi connectivity index (χ3v) is 2.60. The molecule has 1 aliphatic heterocycles. The highest BCUT2D eigenvalue weighted by Gasteiger charge is 2.30. The molecule has 82 valence electrons. The van der Waals surface area contributed by atoms with Gasteiger partial charge in [-0.1, -0.05) is 30.3 Å². The van der Waals surface area contributed by atoms with Crippen LogP contribution >= 0.6 is 0 Å². The average molecular weight is 216 g/mol. The first kappa shape index (κ1) is 10.4. The Hall–Kier alpha value is -2.10. The number of likely N-dealkylation sites (N-methyl/N-ethyl adjacent to an activating group) is 1. The summed E-state index contributed by atoms with van der Waals surface area (Å²) in [5, 5.41) is 11.0. The highest BCUT2D eigenvalue weighted by molar-refractivity contribution is 5.30. The van der Waals surface area contributed by atoms with Crippen molar-refractivity contribution in [2.24, 2.45) is 0 Å². The SMILES string of the molecule is CN1C=CC=C([N+](=O)[O-])C1c1ccccc1. The standard InChI is InChI=1S/C12H12N2O2/c1-13-9-5-8-11(14(15)16)12(13)10-6-3-2-4-7-10/h2-9,12H,1H3. The van der Waals surface area contributed by atoms with Gasteiger partial charge in [-0.25, -0.2) is 0 Å². The number of nitro groups is 1. The maximum Gasteiger partial charge on any atom is 0.273 e. The zero-order valence-electron chi connectivity index (χ0n) is 8.91. The fraction of sp³-hybridized carbons (Fsp3) is 0.167. The molecule has 4 heteroatoms. The summed E-state index contributed by atoms with van der Waals surface area (Å²) in [6.45, 7) is 0. The lowest BCUT2D eigenvalue weighted by molar-refractivity contribution is -0.433. The van der Waals surface area contributed by atoms with Crippen LogP contribution in [0.1, 0.15) is 11.6 Å². The Morgan fingerprint density at radius 2 is 2.00 bits per heavy atom.